The summed E-state index contributed by atoms with van der Waals surface area (Å²) in [4.78, 5) is 0. The number of hydrogen-bond acceptors (Lipinski definition) is 1. The molecule has 0 fully saturated rings. The lowest BCUT2D eigenvalue weighted by atomic mass is 10.4. The van der Waals surface area contributed by atoms with Gasteiger partial charge in [0.2, 0.25) is 0 Å². The maximum absolute atomic E-state index is 5.44. The number of halogens is 1. The molecule has 0 N–H and O–H groups in total. The van der Waals surface area contributed by atoms with Crippen LogP contribution in [0.15, 0.2) is 11.6 Å². The minimum Gasteiger partial charge on any atom is -0.376 e. The van der Waals surface area contributed by atoms with Gasteiger partial charge in [0.05, 0.1) is 6.61 Å². The van der Waals surface area contributed by atoms with E-state index in [-0.39, 0.29) is 0 Å². The van der Waals surface area contributed by atoms with E-state index in [1.54, 1.807) is 0 Å². The third-order valence-corrected chi connectivity index (χ3v) is 1.01. The summed E-state index contributed by atoms with van der Waals surface area (Å²) in [6.07, 6.45) is 2.26. The smallest absolute Gasteiger partial charge is 0.0817 e. The average molecular weight is 149 g/mol. The second-order valence-electron chi connectivity index (χ2n) is 1.92. The Balaban J connectivity index is 2.83. The van der Waals surface area contributed by atoms with Gasteiger partial charge in [-0.15, -0.1) is 0 Å². The van der Waals surface area contributed by atoms with Crippen molar-refractivity contribution in [2.75, 3.05) is 13.2 Å². The molecule has 0 aliphatic rings. The Hall–Kier alpha value is -0.0100. The molecule has 0 amide bonds. The van der Waals surface area contributed by atoms with Gasteiger partial charge in [0.1, 0.15) is 0 Å². The van der Waals surface area contributed by atoms with Crippen LogP contribution in [0.1, 0.15) is 19.8 Å². The van der Waals surface area contributed by atoms with Gasteiger partial charge in [-0.3, -0.25) is 0 Å². The number of hydrogen-bond donors (Lipinski definition) is 0. The van der Waals surface area contributed by atoms with Gasteiger partial charge in [-0.2, -0.15) is 0 Å². The number of ether oxygens (including phenoxy) is 1. The topological polar surface area (TPSA) is 9.23 Å². The highest BCUT2D eigenvalue weighted by Crippen LogP contribution is 1.97. The van der Waals surface area contributed by atoms with Crippen LogP contribution in [0.5, 0.6) is 0 Å². The maximum Gasteiger partial charge on any atom is 0.0817 e. The molecule has 0 aromatic carbocycles. The molecule has 1 nitrogen and oxygen atoms in total. The highest BCUT2D eigenvalue weighted by atomic mass is 35.5. The molecule has 54 valence electrons. The second kappa shape index (κ2) is 6.12. The highest BCUT2D eigenvalue weighted by Gasteiger charge is 1.87. The molecule has 0 radical (unpaired) electrons. The Morgan fingerprint density at radius 2 is 2.33 bits per heavy atom. The van der Waals surface area contributed by atoms with Gasteiger partial charge in [-0.25, -0.2) is 0 Å². The maximum atomic E-state index is 5.44. The molecule has 0 spiro atoms. The first-order valence-electron chi connectivity index (χ1n) is 3.18. The molecule has 0 aliphatic carbocycles. The zero-order chi connectivity index (χ0) is 7.11. The minimum atomic E-state index is 0.488. The van der Waals surface area contributed by atoms with Crippen LogP contribution in [0.2, 0.25) is 0 Å². The lowest BCUT2D eigenvalue weighted by Gasteiger charge is -1.98. The Bertz CT molecular complexity index is 81.0. The molecule has 0 saturated heterocycles. The summed E-state index contributed by atoms with van der Waals surface area (Å²) in [6.45, 7) is 6.90. The van der Waals surface area contributed by atoms with Crippen LogP contribution in [-0.4, -0.2) is 13.2 Å². The fourth-order valence-electron chi connectivity index (χ4n) is 0.429. The van der Waals surface area contributed by atoms with Gasteiger partial charge in [-0.05, 0) is 6.42 Å². The first-order chi connectivity index (χ1) is 4.27. The lowest BCUT2D eigenvalue weighted by molar-refractivity contribution is 0.157. The second-order valence-corrected chi connectivity index (χ2v) is 2.46. The monoisotopic (exact) mass is 148 g/mol. The Morgan fingerprint density at radius 3 is 2.78 bits per heavy atom. The minimum absolute atomic E-state index is 0.488. The molecular formula is C7H13ClO. The first-order valence-corrected chi connectivity index (χ1v) is 3.56. The van der Waals surface area contributed by atoms with Crippen LogP contribution in [0.25, 0.3) is 0 Å². The quantitative estimate of drug-likeness (QED) is 0.545. The molecule has 0 aliphatic heterocycles. The van der Waals surface area contributed by atoms with Crippen LogP contribution >= 0.6 is 11.6 Å². The van der Waals surface area contributed by atoms with Crippen molar-refractivity contribution < 1.29 is 4.74 Å². The normalized spacial score (nSPS) is 9.56. The van der Waals surface area contributed by atoms with E-state index < -0.39 is 0 Å². The van der Waals surface area contributed by atoms with Crippen molar-refractivity contribution in [3.05, 3.63) is 11.6 Å². The summed E-state index contributed by atoms with van der Waals surface area (Å²) >= 11 is 5.44. The van der Waals surface area contributed by atoms with Crippen molar-refractivity contribution in [1.29, 1.82) is 0 Å². The molecule has 0 atom stereocenters. The summed E-state index contributed by atoms with van der Waals surface area (Å²) < 4.78 is 5.10. The predicted molar refractivity (Wildman–Crippen MR) is 40.7 cm³/mol. The van der Waals surface area contributed by atoms with E-state index in [0.29, 0.717) is 11.6 Å². The predicted octanol–water partition coefficient (Wildman–Crippen LogP) is 2.56. The lowest BCUT2D eigenvalue weighted by Crippen LogP contribution is -1.95. The third-order valence-electron chi connectivity index (χ3n) is 0.901. The Kier molecular flexibility index (Phi) is 6.11. The van der Waals surface area contributed by atoms with E-state index in [1.807, 2.05) is 0 Å². The average Bonchev–Trinajstić information content (AvgIpc) is 1.80. The zero-order valence-electron chi connectivity index (χ0n) is 5.82. The molecule has 0 rings (SSSR count). The summed E-state index contributed by atoms with van der Waals surface area (Å²) in [5.41, 5.74) is 0. The Morgan fingerprint density at radius 1 is 1.67 bits per heavy atom. The number of rotatable bonds is 5. The first kappa shape index (κ1) is 8.99. The molecule has 0 heterocycles. The van der Waals surface area contributed by atoms with Gasteiger partial charge in [0, 0.05) is 11.6 Å². The van der Waals surface area contributed by atoms with Crippen molar-refractivity contribution in [1.82, 2.24) is 0 Å². The van der Waals surface area contributed by atoms with Crippen LogP contribution in [0.4, 0.5) is 0 Å². The van der Waals surface area contributed by atoms with E-state index in [2.05, 4.69) is 13.5 Å². The molecule has 0 aromatic rings. The SMILES string of the molecule is C=C(Cl)COCCCC. The fourth-order valence-corrected chi connectivity index (χ4v) is 0.506. The van der Waals surface area contributed by atoms with Crippen molar-refractivity contribution in [2.24, 2.45) is 0 Å². The summed E-state index contributed by atoms with van der Waals surface area (Å²) in [5.74, 6) is 0. The van der Waals surface area contributed by atoms with E-state index >= 15 is 0 Å². The zero-order valence-corrected chi connectivity index (χ0v) is 6.58. The summed E-state index contributed by atoms with van der Waals surface area (Å²) in [6, 6.07) is 0. The van der Waals surface area contributed by atoms with Crippen LogP contribution < -0.4 is 0 Å². The molecule has 0 saturated carbocycles. The highest BCUT2D eigenvalue weighted by molar-refractivity contribution is 6.29. The van der Waals surface area contributed by atoms with Gasteiger partial charge < -0.3 is 4.74 Å². The van der Waals surface area contributed by atoms with Crippen molar-refractivity contribution in [3.8, 4) is 0 Å². The van der Waals surface area contributed by atoms with Gasteiger partial charge in [0.25, 0.3) is 0 Å². The third kappa shape index (κ3) is 7.99. The van der Waals surface area contributed by atoms with E-state index in [1.165, 1.54) is 0 Å². The molecule has 0 aromatic heterocycles. The van der Waals surface area contributed by atoms with E-state index in [0.717, 1.165) is 19.4 Å². The van der Waals surface area contributed by atoms with Gasteiger partial charge in [0.15, 0.2) is 0 Å². The standard InChI is InChI=1S/C7H13ClO/c1-3-4-5-9-6-7(2)8/h2-6H2,1H3. The van der Waals surface area contributed by atoms with E-state index in [9.17, 15) is 0 Å². The molecule has 9 heavy (non-hydrogen) atoms. The van der Waals surface area contributed by atoms with Gasteiger partial charge in [-0.1, -0.05) is 31.5 Å². The largest absolute Gasteiger partial charge is 0.376 e. The Labute approximate surface area is 61.7 Å². The molecule has 0 unspecified atom stereocenters. The van der Waals surface area contributed by atoms with Crippen molar-refractivity contribution in [2.45, 2.75) is 19.8 Å². The van der Waals surface area contributed by atoms with Crippen molar-refractivity contribution in [3.63, 3.8) is 0 Å². The van der Waals surface area contributed by atoms with E-state index in [4.69, 9.17) is 16.3 Å². The molecule has 0 bridgehead atoms. The number of unbranched alkanes of at least 4 members (excludes halogenated alkanes) is 1. The molecule has 2 heteroatoms. The summed E-state index contributed by atoms with van der Waals surface area (Å²) in [7, 11) is 0. The van der Waals surface area contributed by atoms with Crippen LogP contribution in [-0.2, 0) is 4.74 Å². The van der Waals surface area contributed by atoms with Crippen molar-refractivity contribution >= 4 is 11.6 Å². The molecular weight excluding hydrogens is 136 g/mol. The van der Waals surface area contributed by atoms with Gasteiger partial charge >= 0.3 is 0 Å². The van der Waals surface area contributed by atoms with Crippen LogP contribution in [0, 0.1) is 0 Å². The van der Waals surface area contributed by atoms with Crippen LogP contribution in [0.3, 0.4) is 0 Å². The summed E-state index contributed by atoms with van der Waals surface area (Å²) in [5, 5.41) is 0.575. The fraction of sp³-hybridized carbons (Fsp3) is 0.714.